The van der Waals surface area contributed by atoms with E-state index in [-0.39, 0.29) is 12.5 Å². The number of rotatable bonds is 6. The van der Waals surface area contributed by atoms with Crippen molar-refractivity contribution in [3.05, 3.63) is 57.6 Å². The van der Waals surface area contributed by atoms with Gasteiger partial charge < -0.3 is 9.47 Å². The molecule has 0 aromatic heterocycles. The SMILES string of the molecule is COc1ccc(Br)cc1/C=N/NC(=O)COc1cccc(C)c1C. The van der Waals surface area contributed by atoms with Crippen molar-refractivity contribution in [2.45, 2.75) is 13.8 Å². The summed E-state index contributed by atoms with van der Waals surface area (Å²) in [4.78, 5) is 11.8. The number of carbonyl (C=O) groups is 1. The topological polar surface area (TPSA) is 59.9 Å². The van der Waals surface area contributed by atoms with E-state index in [9.17, 15) is 4.79 Å². The molecule has 0 aliphatic carbocycles. The summed E-state index contributed by atoms with van der Waals surface area (Å²) < 4.78 is 11.7. The van der Waals surface area contributed by atoms with Gasteiger partial charge in [-0.25, -0.2) is 5.43 Å². The van der Waals surface area contributed by atoms with E-state index in [1.165, 1.54) is 6.21 Å². The van der Waals surface area contributed by atoms with Crippen molar-refractivity contribution in [2.24, 2.45) is 5.10 Å². The zero-order chi connectivity index (χ0) is 17.5. The molecule has 0 atom stereocenters. The van der Waals surface area contributed by atoms with Crippen LogP contribution < -0.4 is 14.9 Å². The maximum absolute atomic E-state index is 11.8. The molecule has 1 amide bonds. The molecule has 0 aliphatic rings. The Bertz CT molecular complexity index is 760. The predicted octanol–water partition coefficient (Wildman–Crippen LogP) is 3.60. The molecule has 6 heteroatoms. The molecule has 0 unspecified atom stereocenters. The highest BCUT2D eigenvalue weighted by atomic mass is 79.9. The molecule has 5 nitrogen and oxygen atoms in total. The third kappa shape index (κ3) is 4.83. The highest BCUT2D eigenvalue weighted by Gasteiger charge is 2.06. The lowest BCUT2D eigenvalue weighted by Gasteiger charge is -2.09. The van der Waals surface area contributed by atoms with E-state index in [0.29, 0.717) is 11.5 Å². The van der Waals surface area contributed by atoms with Gasteiger partial charge in [0, 0.05) is 10.0 Å². The average molecular weight is 391 g/mol. The number of amides is 1. The molecule has 0 aliphatic heterocycles. The number of benzene rings is 2. The first-order chi connectivity index (χ1) is 11.5. The van der Waals surface area contributed by atoms with Crippen LogP contribution in [0.15, 0.2) is 46.0 Å². The summed E-state index contributed by atoms with van der Waals surface area (Å²) in [5, 5.41) is 3.94. The molecule has 2 aromatic carbocycles. The molecule has 1 N–H and O–H groups in total. The van der Waals surface area contributed by atoms with E-state index < -0.39 is 0 Å². The number of hydrogen-bond acceptors (Lipinski definition) is 4. The molecule has 0 fully saturated rings. The average Bonchev–Trinajstić information content (AvgIpc) is 2.56. The van der Waals surface area contributed by atoms with Crippen LogP contribution in [0.4, 0.5) is 0 Å². The van der Waals surface area contributed by atoms with Gasteiger partial charge in [0.25, 0.3) is 5.91 Å². The first-order valence-corrected chi connectivity index (χ1v) is 8.15. The Balaban J connectivity index is 1.91. The number of hydrogen-bond donors (Lipinski definition) is 1. The van der Waals surface area contributed by atoms with E-state index in [2.05, 4.69) is 26.5 Å². The minimum Gasteiger partial charge on any atom is -0.496 e. The second kappa shape index (κ2) is 8.49. The molecule has 0 heterocycles. The summed E-state index contributed by atoms with van der Waals surface area (Å²) >= 11 is 3.39. The predicted molar refractivity (Wildman–Crippen MR) is 97.8 cm³/mol. The van der Waals surface area contributed by atoms with Gasteiger partial charge >= 0.3 is 0 Å². The molecule has 126 valence electrons. The van der Waals surface area contributed by atoms with Crippen LogP contribution in [0.25, 0.3) is 0 Å². The Hall–Kier alpha value is -2.34. The van der Waals surface area contributed by atoms with Gasteiger partial charge in [-0.15, -0.1) is 0 Å². The van der Waals surface area contributed by atoms with Crippen molar-refractivity contribution in [1.29, 1.82) is 0 Å². The van der Waals surface area contributed by atoms with E-state index in [4.69, 9.17) is 9.47 Å². The third-order valence-electron chi connectivity index (χ3n) is 3.50. The van der Waals surface area contributed by atoms with Crippen molar-refractivity contribution in [3.63, 3.8) is 0 Å². The van der Waals surface area contributed by atoms with Crippen molar-refractivity contribution >= 4 is 28.1 Å². The maximum atomic E-state index is 11.8. The first kappa shape index (κ1) is 18.0. The Kier molecular flexibility index (Phi) is 6.37. The smallest absolute Gasteiger partial charge is 0.277 e. The fourth-order valence-corrected chi connectivity index (χ4v) is 2.41. The summed E-state index contributed by atoms with van der Waals surface area (Å²) in [5.41, 5.74) is 5.33. The van der Waals surface area contributed by atoms with Crippen LogP contribution in [0.1, 0.15) is 16.7 Å². The van der Waals surface area contributed by atoms with Gasteiger partial charge in [0.1, 0.15) is 11.5 Å². The quantitative estimate of drug-likeness (QED) is 0.605. The monoisotopic (exact) mass is 390 g/mol. The Morgan fingerprint density at radius 2 is 2.04 bits per heavy atom. The number of carbonyl (C=O) groups excluding carboxylic acids is 1. The summed E-state index contributed by atoms with van der Waals surface area (Å²) in [6.07, 6.45) is 1.53. The normalized spacial score (nSPS) is 10.7. The standard InChI is InChI=1S/C18H19BrN2O3/c1-12-5-4-6-16(13(12)2)24-11-18(22)21-20-10-14-9-15(19)7-8-17(14)23-3/h4-10H,11H2,1-3H3,(H,21,22)/b20-10+. The Morgan fingerprint density at radius 3 is 2.79 bits per heavy atom. The van der Waals surface area contributed by atoms with Gasteiger partial charge in [0.2, 0.25) is 0 Å². The van der Waals surface area contributed by atoms with Gasteiger partial charge in [0.05, 0.1) is 13.3 Å². The molecule has 0 saturated carbocycles. The Labute approximate surface area is 149 Å². The zero-order valence-electron chi connectivity index (χ0n) is 13.8. The van der Waals surface area contributed by atoms with Crippen LogP contribution in [-0.4, -0.2) is 25.8 Å². The number of methoxy groups -OCH3 is 1. The van der Waals surface area contributed by atoms with Crippen LogP contribution in [0.5, 0.6) is 11.5 Å². The lowest BCUT2D eigenvalue weighted by atomic mass is 10.1. The minimum atomic E-state index is -0.332. The number of aryl methyl sites for hydroxylation is 1. The van der Waals surface area contributed by atoms with Crippen LogP contribution in [0.2, 0.25) is 0 Å². The lowest BCUT2D eigenvalue weighted by molar-refractivity contribution is -0.123. The molecule has 24 heavy (non-hydrogen) atoms. The number of nitrogens with zero attached hydrogens (tertiary/aromatic N) is 1. The van der Waals surface area contributed by atoms with E-state index in [1.807, 2.05) is 50.2 Å². The van der Waals surface area contributed by atoms with E-state index in [1.54, 1.807) is 7.11 Å². The summed E-state index contributed by atoms with van der Waals surface area (Å²) in [5.74, 6) is 1.03. The summed E-state index contributed by atoms with van der Waals surface area (Å²) in [6, 6.07) is 11.3. The van der Waals surface area contributed by atoms with Crippen LogP contribution >= 0.6 is 15.9 Å². The second-order valence-corrected chi connectivity index (χ2v) is 6.08. The van der Waals surface area contributed by atoms with Crippen LogP contribution in [0.3, 0.4) is 0 Å². The van der Waals surface area contributed by atoms with Gasteiger partial charge in [-0.3, -0.25) is 4.79 Å². The molecular formula is C18H19BrN2O3. The second-order valence-electron chi connectivity index (χ2n) is 5.17. The van der Waals surface area contributed by atoms with Crippen molar-refractivity contribution < 1.29 is 14.3 Å². The number of nitrogens with one attached hydrogen (secondary N) is 1. The molecule has 0 bridgehead atoms. The third-order valence-corrected chi connectivity index (χ3v) is 3.99. The Morgan fingerprint density at radius 1 is 1.25 bits per heavy atom. The maximum Gasteiger partial charge on any atom is 0.277 e. The summed E-state index contributed by atoms with van der Waals surface area (Å²) in [6.45, 7) is 3.86. The van der Waals surface area contributed by atoms with Crippen molar-refractivity contribution in [3.8, 4) is 11.5 Å². The summed E-state index contributed by atoms with van der Waals surface area (Å²) in [7, 11) is 1.58. The lowest BCUT2D eigenvalue weighted by Crippen LogP contribution is -2.24. The van der Waals surface area contributed by atoms with Gasteiger partial charge in [-0.2, -0.15) is 5.10 Å². The largest absolute Gasteiger partial charge is 0.496 e. The van der Waals surface area contributed by atoms with E-state index in [0.717, 1.165) is 21.2 Å². The zero-order valence-corrected chi connectivity index (χ0v) is 15.4. The number of ether oxygens (including phenoxy) is 2. The molecule has 0 saturated heterocycles. The molecular weight excluding hydrogens is 372 g/mol. The number of hydrazone groups is 1. The van der Waals surface area contributed by atoms with E-state index >= 15 is 0 Å². The van der Waals surface area contributed by atoms with Gasteiger partial charge in [0.15, 0.2) is 6.61 Å². The molecule has 2 aromatic rings. The molecule has 0 radical (unpaired) electrons. The fraction of sp³-hybridized carbons (Fsp3) is 0.222. The number of halogens is 1. The highest BCUT2D eigenvalue weighted by Crippen LogP contribution is 2.21. The van der Waals surface area contributed by atoms with Gasteiger partial charge in [-0.05, 0) is 49.2 Å². The highest BCUT2D eigenvalue weighted by molar-refractivity contribution is 9.10. The van der Waals surface area contributed by atoms with Crippen molar-refractivity contribution in [1.82, 2.24) is 5.43 Å². The van der Waals surface area contributed by atoms with Gasteiger partial charge in [-0.1, -0.05) is 28.1 Å². The fourth-order valence-electron chi connectivity index (χ4n) is 2.04. The van der Waals surface area contributed by atoms with Crippen LogP contribution in [-0.2, 0) is 4.79 Å². The first-order valence-electron chi connectivity index (χ1n) is 7.35. The van der Waals surface area contributed by atoms with Crippen LogP contribution in [0, 0.1) is 13.8 Å². The molecule has 2 rings (SSSR count). The molecule has 0 spiro atoms. The minimum absolute atomic E-state index is 0.0999. The van der Waals surface area contributed by atoms with Crippen molar-refractivity contribution in [2.75, 3.05) is 13.7 Å².